The SMILES string of the molecule is CCOC(=O)C(C=NC1CC1)=C(O)c1cc(F)c(Cl)c(C#N)c1Cl. The van der Waals surface area contributed by atoms with Crippen molar-refractivity contribution in [1.29, 1.82) is 5.26 Å². The number of halogens is 3. The van der Waals surface area contributed by atoms with E-state index in [2.05, 4.69) is 4.99 Å². The van der Waals surface area contributed by atoms with Crippen LogP contribution < -0.4 is 0 Å². The van der Waals surface area contributed by atoms with E-state index >= 15 is 0 Å². The number of hydrogen-bond acceptors (Lipinski definition) is 5. The van der Waals surface area contributed by atoms with Crippen LogP contribution >= 0.6 is 23.2 Å². The van der Waals surface area contributed by atoms with Crippen LogP contribution in [0.15, 0.2) is 16.6 Å². The molecule has 0 spiro atoms. The van der Waals surface area contributed by atoms with Crippen molar-refractivity contribution < 1.29 is 19.0 Å². The van der Waals surface area contributed by atoms with Crippen molar-refractivity contribution in [3.8, 4) is 6.07 Å². The second-order valence-electron chi connectivity index (χ2n) is 5.01. The van der Waals surface area contributed by atoms with Gasteiger partial charge in [0.15, 0.2) is 0 Å². The van der Waals surface area contributed by atoms with E-state index in [9.17, 15) is 14.3 Å². The maximum Gasteiger partial charge on any atom is 0.343 e. The van der Waals surface area contributed by atoms with Crippen molar-refractivity contribution in [3.63, 3.8) is 0 Å². The summed E-state index contributed by atoms with van der Waals surface area (Å²) in [7, 11) is 0. The Morgan fingerprint density at radius 2 is 2.21 bits per heavy atom. The van der Waals surface area contributed by atoms with Crippen LogP contribution in [0.4, 0.5) is 4.39 Å². The minimum absolute atomic E-state index is 0.0824. The number of hydrogen-bond donors (Lipinski definition) is 1. The van der Waals surface area contributed by atoms with Gasteiger partial charge in [0.1, 0.15) is 23.2 Å². The normalized spacial score (nSPS) is 15.1. The van der Waals surface area contributed by atoms with Crippen LogP contribution in [-0.4, -0.2) is 29.9 Å². The molecule has 0 saturated heterocycles. The summed E-state index contributed by atoms with van der Waals surface area (Å²) in [6.07, 6.45) is 2.96. The molecule has 1 saturated carbocycles. The molecule has 0 unspecified atom stereocenters. The van der Waals surface area contributed by atoms with Gasteiger partial charge in [0, 0.05) is 11.8 Å². The number of benzene rings is 1. The van der Waals surface area contributed by atoms with Crippen LogP contribution in [0.1, 0.15) is 30.9 Å². The number of esters is 1. The summed E-state index contributed by atoms with van der Waals surface area (Å²) in [6, 6.07) is 2.61. The second-order valence-corrected chi connectivity index (χ2v) is 5.77. The maximum atomic E-state index is 13.9. The monoisotopic (exact) mass is 370 g/mol. The predicted molar refractivity (Wildman–Crippen MR) is 88.8 cm³/mol. The van der Waals surface area contributed by atoms with Gasteiger partial charge in [-0.15, -0.1) is 0 Å². The van der Waals surface area contributed by atoms with Gasteiger partial charge in [-0.25, -0.2) is 9.18 Å². The Kier molecular flexibility index (Phi) is 5.81. The van der Waals surface area contributed by atoms with Gasteiger partial charge in [-0.1, -0.05) is 23.2 Å². The van der Waals surface area contributed by atoms with Crippen molar-refractivity contribution in [3.05, 3.63) is 38.6 Å². The number of carbonyl (C=O) groups is 1. The number of nitrogens with zero attached hydrogens (tertiary/aromatic N) is 2. The van der Waals surface area contributed by atoms with Crippen molar-refractivity contribution >= 4 is 41.1 Å². The fourth-order valence-electron chi connectivity index (χ4n) is 1.84. The van der Waals surface area contributed by atoms with Crippen molar-refractivity contribution in [2.45, 2.75) is 25.8 Å². The Morgan fingerprint density at radius 3 is 2.75 bits per heavy atom. The number of rotatable bonds is 5. The van der Waals surface area contributed by atoms with Crippen LogP contribution in [0, 0.1) is 17.1 Å². The lowest BCUT2D eigenvalue weighted by Crippen LogP contribution is -2.12. The largest absolute Gasteiger partial charge is 0.506 e. The zero-order valence-corrected chi connectivity index (χ0v) is 14.2. The highest BCUT2D eigenvalue weighted by Gasteiger charge is 2.24. The lowest BCUT2D eigenvalue weighted by atomic mass is 10.1. The molecule has 1 aliphatic rings. The number of carbonyl (C=O) groups excluding carboxylic acids is 1. The fraction of sp³-hybridized carbons (Fsp3) is 0.312. The maximum absolute atomic E-state index is 13.9. The lowest BCUT2D eigenvalue weighted by molar-refractivity contribution is -0.137. The molecule has 0 radical (unpaired) electrons. The highest BCUT2D eigenvalue weighted by molar-refractivity contribution is 6.38. The molecule has 0 aliphatic heterocycles. The first-order chi connectivity index (χ1) is 11.4. The number of aliphatic imine (C=N–C) groups is 1. The first-order valence-electron chi connectivity index (χ1n) is 7.12. The molecule has 1 aromatic rings. The average Bonchev–Trinajstić information content (AvgIpc) is 3.36. The zero-order valence-electron chi connectivity index (χ0n) is 12.6. The fourth-order valence-corrected chi connectivity index (χ4v) is 2.36. The van der Waals surface area contributed by atoms with Gasteiger partial charge in [-0.05, 0) is 25.8 Å². The topological polar surface area (TPSA) is 82.7 Å². The number of ether oxygens (including phenoxy) is 1. The molecule has 1 N–H and O–H groups in total. The van der Waals surface area contributed by atoms with E-state index in [1.165, 1.54) is 6.21 Å². The molecule has 0 heterocycles. The van der Waals surface area contributed by atoms with Gasteiger partial charge in [0.05, 0.1) is 28.3 Å². The highest BCUT2D eigenvalue weighted by Crippen LogP contribution is 2.34. The molecule has 0 bridgehead atoms. The first kappa shape index (κ1) is 18.2. The number of aliphatic hydroxyl groups is 1. The molecule has 24 heavy (non-hydrogen) atoms. The Bertz CT molecular complexity index is 781. The molecule has 2 rings (SSSR count). The van der Waals surface area contributed by atoms with E-state index in [-0.39, 0.29) is 34.4 Å². The van der Waals surface area contributed by atoms with Gasteiger partial charge in [-0.2, -0.15) is 5.26 Å². The van der Waals surface area contributed by atoms with Gasteiger partial charge in [0.25, 0.3) is 0 Å². The third kappa shape index (κ3) is 3.86. The molecule has 0 atom stereocenters. The summed E-state index contributed by atoms with van der Waals surface area (Å²) in [5.74, 6) is -2.40. The van der Waals surface area contributed by atoms with E-state index in [1.54, 1.807) is 13.0 Å². The molecule has 0 aromatic heterocycles. The molecule has 1 aliphatic carbocycles. The standard InChI is InChI=1S/C16H13Cl2FN2O3/c1-2-24-16(23)11(7-21-8-3-4-8)15(22)9-5-12(19)14(18)10(6-20)13(9)17/h5,7-8,22H,2-4H2,1H3. The Balaban J connectivity index is 2.60. The summed E-state index contributed by atoms with van der Waals surface area (Å²) in [6.45, 7) is 1.69. The van der Waals surface area contributed by atoms with Crippen LogP contribution in [0.3, 0.4) is 0 Å². The third-order valence-electron chi connectivity index (χ3n) is 3.23. The van der Waals surface area contributed by atoms with Crippen LogP contribution in [0.25, 0.3) is 5.76 Å². The lowest BCUT2D eigenvalue weighted by Gasteiger charge is -2.10. The van der Waals surface area contributed by atoms with Gasteiger partial charge < -0.3 is 9.84 Å². The summed E-state index contributed by atoms with van der Waals surface area (Å²) in [4.78, 5) is 16.2. The summed E-state index contributed by atoms with van der Waals surface area (Å²) in [5, 5.41) is 18.7. The zero-order chi connectivity index (χ0) is 17.9. The Morgan fingerprint density at radius 1 is 1.54 bits per heavy atom. The van der Waals surface area contributed by atoms with E-state index in [4.69, 9.17) is 33.2 Å². The first-order valence-corrected chi connectivity index (χ1v) is 7.87. The van der Waals surface area contributed by atoms with E-state index < -0.39 is 22.6 Å². The molecular formula is C16H13Cl2FN2O3. The smallest absolute Gasteiger partial charge is 0.343 e. The van der Waals surface area contributed by atoms with E-state index in [0.717, 1.165) is 18.9 Å². The van der Waals surface area contributed by atoms with Crippen molar-refractivity contribution in [2.24, 2.45) is 4.99 Å². The predicted octanol–water partition coefficient (Wildman–Crippen LogP) is 4.07. The molecule has 0 amide bonds. The van der Waals surface area contributed by atoms with Gasteiger partial charge in [-0.3, -0.25) is 4.99 Å². The van der Waals surface area contributed by atoms with Gasteiger partial charge in [0.2, 0.25) is 0 Å². The van der Waals surface area contributed by atoms with Crippen LogP contribution in [0.5, 0.6) is 0 Å². The van der Waals surface area contributed by atoms with Crippen molar-refractivity contribution in [1.82, 2.24) is 0 Å². The number of nitriles is 1. The summed E-state index contributed by atoms with van der Waals surface area (Å²) in [5.41, 5.74) is -0.834. The molecule has 1 fully saturated rings. The quantitative estimate of drug-likeness (QED) is 0.278. The summed E-state index contributed by atoms with van der Waals surface area (Å²) < 4.78 is 18.8. The number of aliphatic hydroxyl groups excluding tert-OH is 1. The Labute approximate surface area is 148 Å². The average molecular weight is 371 g/mol. The van der Waals surface area contributed by atoms with E-state index in [0.29, 0.717) is 0 Å². The minimum Gasteiger partial charge on any atom is -0.506 e. The third-order valence-corrected chi connectivity index (χ3v) is 4.00. The molecule has 126 valence electrons. The highest BCUT2D eigenvalue weighted by atomic mass is 35.5. The van der Waals surface area contributed by atoms with Crippen molar-refractivity contribution in [2.75, 3.05) is 6.61 Å². The second kappa shape index (κ2) is 7.65. The Hall–Kier alpha value is -2.10. The summed E-state index contributed by atoms with van der Waals surface area (Å²) >= 11 is 11.7. The van der Waals surface area contributed by atoms with Gasteiger partial charge >= 0.3 is 5.97 Å². The molecule has 1 aromatic carbocycles. The van der Waals surface area contributed by atoms with E-state index in [1.807, 2.05) is 0 Å². The molecular weight excluding hydrogens is 358 g/mol. The van der Waals surface area contributed by atoms with Crippen LogP contribution in [0.2, 0.25) is 10.0 Å². The minimum atomic E-state index is -0.943. The molecule has 5 nitrogen and oxygen atoms in total. The molecule has 8 heteroatoms. The van der Waals surface area contributed by atoms with Crippen LogP contribution in [-0.2, 0) is 9.53 Å².